The van der Waals surface area contributed by atoms with Crippen LogP contribution in [-0.4, -0.2) is 60.5 Å². The Morgan fingerprint density at radius 2 is 1.96 bits per heavy atom. The number of hydrogen-bond donors (Lipinski definition) is 1. The van der Waals surface area contributed by atoms with Gasteiger partial charge in [-0.1, -0.05) is 6.07 Å². The fourth-order valence-electron chi connectivity index (χ4n) is 2.60. The van der Waals surface area contributed by atoms with E-state index in [1.807, 2.05) is 19.0 Å². The number of carboxylic acids is 1. The third-order valence-electron chi connectivity index (χ3n) is 3.92. The molecule has 1 N–H and O–H groups in total. The maximum atomic E-state index is 13.8. The van der Waals surface area contributed by atoms with Crippen LogP contribution in [0.1, 0.15) is 17.9 Å². The lowest BCUT2D eigenvalue weighted by atomic mass is 10.1. The van der Waals surface area contributed by atoms with Crippen LogP contribution in [0.5, 0.6) is 0 Å². The molecule has 0 spiro atoms. The van der Waals surface area contributed by atoms with E-state index in [0.29, 0.717) is 25.1 Å². The van der Waals surface area contributed by atoms with E-state index in [0.717, 1.165) is 6.07 Å². The highest BCUT2D eigenvalue weighted by Gasteiger charge is 2.47. The van der Waals surface area contributed by atoms with Gasteiger partial charge in [0.1, 0.15) is 18.2 Å². The summed E-state index contributed by atoms with van der Waals surface area (Å²) in [5.41, 5.74) is 0.313. The van der Waals surface area contributed by atoms with Gasteiger partial charge in [-0.25, -0.2) is 8.78 Å². The fraction of sp³-hybridized carbons (Fsp3) is 0.500. The molecular formula is C16H20F2N2O3. The van der Waals surface area contributed by atoms with Crippen LogP contribution in [0.3, 0.4) is 0 Å². The van der Waals surface area contributed by atoms with Crippen LogP contribution in [0.25, 0.3) is 0 Å². The Labute approximate surface area is 133 Å². The van der Waals surface area contributed by atoms with Crippen LogP contribution in [0, 0.1) is 17.6 Å². The smallest absolute Gasteiger partial charge is 0.323 e. The van der Waals surface area contributed by atoms with Gasteiger partial charge in [0.2, 0.25) is 5.91 Å². The predicted molar refractivity (Wildman–Crippen MR) is 80.0 cm³/mol. The van der Waals surface area contributed by atoms with Gasteiger partial charge in [-0.15, -0.1) is 0 Å². The Morgan fingerprint density at radius 3 is 2.52 bits per heavy atom. The molecule has 0 aliphatic heterocycles. The summed E-state index contributed by atoms with van der Waals surface area (Å²) >= 11 is 0. The molecule has 0 radical (unpaired) electrons. The molecule has 0 aromatic heterocycles. The van der Waals surface area contributed by atoms with Gasteiger partial charge in [0.25, 0.3) is 0 Å². The fourth-order valence-corrected chi connectivity index (χ4v) is 2.60. The minimum atomic E-state index is -1.08. The number of halogens is 2. The zero-order valence-electron chi connectivity index (χ0n) is 13.1. The van der Waals surface area contributed by atoms with E-state index < -0.39 is 23.5 Å². The first-order valence-electron chi connectivity index (χ1n) is 7.40. The van der Waals surface area contributed by atoms with Crippen LogP contribution < -0.4 is 0 Å². The zero-order valence-corrected chi connectivity index (χ0v) is 13.1. The van der Waals surface area contributed by atoms with E-state index in [4.69, 9.17) is 5.11 Å². The molecule has 1 aliphatic rings. The lowest BCUT2D eigenvalue weighted by molar-refractivity contribution is -0.145. The first-order chi connectivity index (χ1) is 10.8. The standard InChI is InChI=1S/C16H20F2N2O3/c1-19(2)5-6-20(9-15(21)22)16(23)13-8-12(13)11-4-3-10(17)7-14(11)18/h3-4,7,12-13H,5-6,8-9H2,1-2H3,(H,21,22)/t12-,13+/m1/s1. The second kappa shape index (κ2) is 7.04. The lowest BCUT2D eigenvalue weighted by Gasteiger charge is -2.23. The molecule has 2 atom stereocenters. The molecule has 1 saturated carbocycles. The average Bonchev–Trinajstić information content (AvgIpc) is 3.22. The highest BCUT2D eigenvalue weighted by atomic mass is 19.1. The topological polar surface area (TPSA) is 60.9 Å². The van der Waals surface area contributed by atoms with Crippen molar-refractivity contribution in [2.75, 3.05) is 33.7 Å². The van der Waals surface area contributed by atoms with Gasteiger partial charge in [0.15, 0.2) is 0 Å². The number of likely N-dealkylation sites (N-methyl/N-ethyl adjacent to an activating group) is 1. The Bertz CT molecular complexity index is 607. The molecule has 23 heavy (non-hydrogen) atoms. The van der Waals surface area contributed by atoms with Gasteiger partial charge in [0, 0.05) is 25.1 Å². The summed E-state index contributed by atoms with van der Waals surface area (Å²) in [5, 5.41) is 8.95. The maximum absolute atomic E-state index is 13.8. The van der Waals surface area contributed by atoms with Crippen molar-refractivity contribution in [1.29, 1.82) is 0 Å². The molecule has 0 bridgehead atoms. The van der Waals surface area contributed by atoms with Crippen LogP contribution in [0.4, 0.5) is 8.78 Å². The van der Waals surface area contributed by atoms with Crippen LogP contribution in [0.15, 0.2) is 18.2 Å². The number of benzene rings is 1. The van der Waals surface area contributed by atoms with Crippen LogP contribution in [-0.2, 0) is 9.59 Å². The second-order valence-corrected chi connectivity index (χ2v) is 6.07. The first kappa shape index (κ1) is 17.3. The zero-order chi connectivity index (χ0) is 17.1. The van der Waals surface area contributed by atoms with Gasteiger partial charge in [-0.05, 0) is 38.1 Å². The lowest BCUT2D eigenvalue weighted by Crippen LogP contribution is -2.41. The molecule has 1 aromatic rings. The summed E-state index contributed by atoms with van der Waals surface area (Å²) in [5.74, 6) is -3.43. The molecule has 1 aromatic carbocycles. The molecule has 5 nitrogen and oxygen atoms in total. The van der Waals surface area contributed by atoms with Crippen molar-refractivity contribution in [3.05, 3.63) is 35.4 Å². The van der Waals surface area contributed by atoms with Gasteiger partial charge in [0.05, 0.1) is 0 Å². The van der Waals surface area contributed by atoms with Crippen molar-refractivity contribution in [3.63, 3.8) is 0 Å². The second-order valence-electron chi connectivity index (χ2n) is 6.07. The molecule has 7 heteroatoms. The Kier molecular flexibility index (Phi) is 5.30. The normalized spacial score (nSPS) is 19.7. The maximum Gasteiger partial charge on any atom is 0.323 e. The summed E-state index contributed by atoms with van der Waals surface area (Å²) in [6.07, 6.45) is 0.458. The first-order valence-corrected chi connectivity index (χ1v) is 7.40. The summed E-state index contributed by atoms with van der Waals surface area (Å²) in [6, 6.07) is 3.32. The minimum absolute atomic E-state index is 0.289. The summed E-state index contributed by atoms with van der Waals surface area (Å²) in [4.78, 5) is 26.5. The van der Waals surface area contributed by atoms with Crippen molar-refractivity contribution >= 4 is 11.9 Å². The molecule has 1 fully saturated rings. The van der Waals surface area contributed by atoms with Crippen molar-refractivity contribution in [2.24, 2.45) is 5.92 Å². The third kappa shape index (κ3) is 4.48. The molecule has 1 amide bonds. The highest BCUT2D eigenvalue weighted by Crippen LogP contribution is 2.49. The van der Waals surface area contributed by atoms with Gasteiger partial charge >= 0.3 is 5.97 Å². The quantitative estimate of drug-likeness (QED) is 0.826. The van der Waals surface area contributed by atoms with Crippen LogP contribution in [0.2, 0.25) is 0 Å². The van der Waals surface area contributed by atoms with Gasteiger partial charge in [-0.2, -0.15) is 0 Å². The Balaban J connectivity index is 2.05. The monoisotopic (exact) mass is 326 g/mol. The molecule has 0 saturated heterocycles. The molecule has 0 unspecified atom stereocenters. The number of carboxylic acid groups (broad SMARTS) is 1. The predicted octanol–water partition coefficient (Wildman–Crippen LogP) is 1.54. The SMILES string of the molecule is CN(C)CCN(CC(=O)O)C(=O)[C@H]1C[C@@H]1c1ccc(F)cc1F. The van der Waals surface area contributed by atoms with E-state index in [1.165, 1.54) is 17.0 Å². The molecular weight excluding hydrogens is 306 g/mol. The third-order valence-corrected chi connectivity index (χ3v) is 3.92. The van der Waals surface area contributed by atoms with Crippen molar-refractivity contribution in [1.82, 2.24) is 9.80 Å². The molecule has 0 heterocycles. The number of amides is 1. The number of carbonyl (C=O) groups excluding carboxylic acids is 1. The summed E-state index contributed by atoms with van der Waals surface area (Å²) in [6.45, 7) is 0.469. The van der Waals surface area contributed by atoms with E-state index in [1.54, 1.807) is 0 Å². The molecule has 2 rings (SSSR count). The molecule has 126 valence electrons. The largest absolute Gasteiger partial charge is 0.480 e. The van der Waals surface area contributed by atoms with E-state index in [-0.39, 0.29) is 18.4 Å². The highest BCUT2D eigenvalue weighted by molar-refractivity contribution is 5.86. The van der Waals surface area contributed by atoms with Crippen molar-refractivity contribution in [3.8, 4) is 0 Å². The Morgan fingerprint density at radius 1 is 1.26 bits per heavy atom. The van der Waals surface area contributed by atoms with E-state index >= 15 is 0 Å². The number of nitrogens with zero attached hydrogens (tertiary/aromatic N) is 2. The van der Waals surface area contributed by atoms with Crippen molar-refractivity contribution < 1.29 is 23.5 Å². The number of rotatable bonds is 7. The van der Waals surface area contributed by atoms with Crippen LogP contribution >= 0.6 is 0 Å². The minimum Gasteiger partial charge on any atom is -0.480 e. The van der Waals surface area contributed by atoms with Gasteiger partial charge < -0.3 is 14.9 Å². The van der Waals surface area contributed by atoms with Gasteiger partial charge in [-0.3, -0.25) is 9.59 Å². The number of aliphatic carboxylic acids is 1. The summed E-state index contributed by atoms with van der Waals surface area (Å²) < 4.78 is 26.7. The van der Waals surface area contributed by atoms with E-state index in [9.17, 15) is 18.4 Å². The summed E-state index contributed by atoms with van der Waals surface area (Å²) in [7, 11) is 3.66. The number of hydrogen-bond acceptors (Lipinski definition) is 3. The van der Waals surface area contributed by atoms with Crippen molar-refractivity contribution in [2.45, 2.75) is 12.3 Å². The Hall–Kier alpha value is -2.02. The molecule has 1 aliphatic carbocycles. The number of carbonyl (C=O) groups is 2. The average molecular weight is 326 g/mol. The van der Waals surface area contributed by atoms with E-state index in [2.05, 4.69) is 0 Å².